The maximum Gasteiger partial charge on any atom is 0.325 e. The summed E-state index contributed by atoms with van der Waals surface area (Å²) in [5.74, 6) is -0.160. The van der Waals surface area contributed by atoms with Crippen LogP contribution in [-0.2, 0) is 23.3 Å². The number of rotatable bonds is 2. The van der Waals surface area contributed by atoms with Crippen molar-refractivity contribution in [2.24, 2.45) is 0 Å². The van der Waals surface area contributed by atoms with E-state index in [9.17, 15) is 9.59 Å². The molecule has 5 heteroatoms. The fraction of sp³-hybridized carbons (Fsp3) is 0.300. The van der Waals surface area contributed by atoms with E-state index < -0.39 is 5.54 Å². The second-order valence-electron chi connectivity index (χ2n) is 6.72. The predicted octanol–water partition coefficient (Wildman–Crippen LogP) is 4.01. The average Bonchev–Trinajstić information content (AvgIpc) is 2.75. The Morgan fingerprint density at radius 2 is 1.92 bits per heavy atom. The number of carbonyl (C=O) groups is 2. The van der Waals surface area contributed by atoms with E-state index in [2.05, 4.69) is 11.4 Å². The molecule has 0 radical (unpaired) electrons. The lowest BCUT2D eigenvalue weighted by Crippen LogP contribution is -2.44. The number of fused-ring (bicyclic) bond motifs is 2. The van der Waals surface area contributed by atoms with Crippen LogP contribution in [0.2, 0.25) is 5.02 Å². The molecule has 1 unspecified atom stereocenters. The van der Waals surface area contributed by atoms with E-state index in [1.165, 1.54) is 4.90 Å². The zero-order chi connectivity index (χ0) is 17.4. The van der Waals surface area contributed by atoms with Gasteiger partial charge < -0.3 is 5.32 Å². The summed E-state index contributed by atoms with van der Waals surface area (Å²) in [5.41, 5.74) is 2.01. The third-order valence-electron chi connectivity index (χ3n) is 5.13. The fourth-order valence-corrected chi connectivity index (χ4v) is 4.15. The van der Waals surface area contributed by atoms with Crippen molar-refractivity contribution in [2.75, 3.05) is 0 Å². The van der Waals surface area contributed by atoms with Gasteiger partial charge in [0.2, 0.25) is 0 Å². The van der Waals surface area contributed by atoms with Gasteiger partial charge in [-0.25, -0.2) is 4.79 Å². The summed E-state index contributed by atoms with van der Waals surface area (Å²) in [6.07, 6.45) is 3.51. The second kappa shape index (κ2) is 6.19. The molecule has 1 aliphatic heterocycles. The number of urea groups is 1. The third kappa shape index (κ3) is 2.71. The number of aryl methyl sites for hydroxylation is 1. The number of hydrogen-bond acceptors (Lipinski definition) is 2. The zero-order valence-electron chi connectivity index (χ0n) is 13.8. The summed E-state index contributed by atoms with van der Waals surface area (Å²) in [7, 11) is 0. The minimum absolute atomic E-state index is 0.160. The quantitative estimate of drug-likeness (QED) is 0.828. The van der Waals surface area contributed by atoms with Gasteiger partial charge in [0.1, 0.15) is 5.54 Å². The Kier molecular flexibility index (Phi) is 4.00. The molecular weight excluding hydrogens is 336 g/mol. The highest BCUT2D eigenvalue weighted by Crippen LogP contribution is 2.39. The lowest BCUT2D eigenvalue weighted by molar-refractivity contribution is -0.132. The molecule has 1 heterocycles. The molecular formula is C20H19ClN2O2. The predicted molar refractivity (Wildman–Crippen MR) is 96.2 cm³/mol. The van der Waals surface area contributed by atoms with Crippen LogP contribution in [-0.4, -0.2) is 16.8 Å². The Bertz CT molecular complexity index is 851. The molecule has 1 aliphatic carbocycles. The van der Waals surface area contributed by atoms with E-state index in [4.69, 9.17) is 11.6 Å². The summed E-state index contributed by atoms with van der Waals surface area (Å²) < 4.78 is 0. The molecule has 2 aromatic rings. The first-order chi connectivity index (χ1) is 12.1. The van der Waals surface area contributed by atoms with E-state index in [0.29, 0.717) is 11.4 Å². The van der Waals surface area contributed by atoms with Crippen molar-refractivity contribution in [3.8, 4) is 0 Å². The minimum atomic E-state index is -0.928. The van der Waals surface area contributed by atoms with Gasteiger partial charge in [-0.3, -0.25) is 9.69 Å². The van der Waals surface area contributed by atoms with Crippen LogP contribution in [0.5, 0.6) is 0 Å². The molecule has 1 N–H and O–H groups in total. The van der Waals surface area contributed by atoms with Crippen LogP contribution in [0, 0.1) is 0 Å². The molecule has 0 saturated carbocycles. The first kappa shape index (κ1) is 16.2. The number of nitrogens with zero attached hydrogens (tertiary/aromatic N) is 1. The lowest BCUT2D eigenvalue weighted by atomic mass is 9.84. The SMILES string of the molecule is O=C1NC2(CCCCc3ccccc32)C(=O)N1Cc1cccc(Cl)c1. The van der Waals surface area contributed by atoms with Gasteiger partial charge in [0.25, 0.3) is 5.91 Å². The summed E-state index contributed by atoms with van der Waals surface area (Å²) in [4.78, 5) is 27.3. The number of nitrogens with one attached hydrogen (secondary N) is 1. The molecule has 3 amide bonds. The maximum atomic E-state index is 13.3. The Labute approximate surface area is 151 Å². The second-order valence-corrected chi connectivity index (χ2v) is 7.16. The van der Waals surface area contributed by atoms with Crippen molar-refractivity contribution < 1.29 is 9.59 Å². The van der Waals surface area contributed by atoms with Gasteiger partial charge in [-0.1, -0.05) is 48.0 Å². The smallest absolute Gasteiger partial charge is 0.319 e. The number of hydrogen-bond donors (Lipinski definition) is 1. The van der Waals surface area contributed by atoms with Gasteiger partial charge in [-0.05, 0) is 54.5 Å². The van der Waals surface area contributed by atoms with E-state index in [1.54, 1.807) is 12.1 Å². The fourth-order valence-electron chi connectivity index (χ4n) is 3.93. The average molecular weight is 355 g/mol. The Balaban J connectivity index is 1.71. The molecule has 1 fully saturated rings. The van der Waals surface area contributed by atoms with Crippen molar-refractivity contribution in [1.29, 1.82) is 0 Å². The van der Waals surface area contributed by atoms with Crippen molar-refractivity contribution in [1.82, 2.24) is 10.2 Å². The molecule has 1 spiro atoms. The molecule has 25 heavy (non-hydrogen) atoms. The topological polar surface area (TPSA) is 49.4 Å². The Morgan fingerprint density at radius 1 is 1.08 bits per heavy atom. The molecule has 128 valence electrons. The first-order valence-electron chi connectivity index (χ1n) is 8.57. The number of amides is 3. The summed E-state index contributed by atoms with van der Waals surface area (Å²) >= 11 is 6.03. The number of halogens is 1. The van der Waals surface area contributed by atoms with E-state index in [1.807, 2.05) is 30.3 Å². The molecule has 4 rings (SSSR count). The molecule has 0 bridgehead atoms. The first-order valence-corrected chi connectivity index (χ1v) is 8.95. The molecule has 0 aromatic heterocycles. The van der Waals surface area contributed by atoms with Crippen molar-refractivity contribution in [3.63, 3.8) is 0 Å². The van der Waals surface area contributed by atoms with E-state index in [0.717, 1.165) is 36.0 Å². The van der Waals surface area contributed by atoms with Gasteiger partial charge in [-0.2, -0.15) is 0 Å². The monoisotopic (exact) mass is 354 g/mol. The Morgan fingerprint density at radius 3 is 2.76 bits per heavy atom. The van der Waals surface area contributed by atoms with Gasteiger partial charge >= 0.3 is 6.03 Å². The van der Waals surface area contributed by atoms with Crippen LogP contribution in [0.4, 0.5) is 4.79 Å². The highest BCUT2D eigenvalue weighted by Gasteiger charge is 2.53. The van der Waals surface area contributed by atoms with Crippen LogP contribution < -0.4 is 5.32 Å². The van der Waals surface area contributed by atoms with Gasteiger partial charge in [0.05, 0.1) is 6.54 Å². The summed E-state index contributed by atoms with van der Waals surface area (Å²) in [6.45, 7) is 0.231. The lowest BCUT2D eigenvalue weighted by Gasteiger charge is -2.27. The molecule has 1 saturated heterocycles. The van der Waals surface area contributed by atoms with Crippen molar-refractivity contribution in [3.05, 3.63) is 70.2 Å². The summed E-state index contributed by atoms with van der Waals surface area (Å²) in [5, 5.41) is 3.60. The summed E-state index contributed by atoms with van der Waals surface area (Å²) in [6, 6.07) is 14.9. The van der Waals surface area contributed by atoms with Gasteiger partial charge in [0, 0.05) is 5.02 Å². The molecule has 2 aliphatic rings. The van der Waals surface area contributed by atoms with Crippen molar-refractivity contribution >= 4 is 23.5 Å². The number of imide groups is 1. The third-order valence-corrected chi connectivity index (χ3v) is 5.37. The normalized spacial score (nSPS) is 22.7. The van der Waals surface area contributed by atoms with Crippen LogP contribution in [0.1, 0.15) is 36.0 Å². The van der Waals surface area contributed by atoms with Crippen LogP contribution in [0.3, 0.4) is 0 Å². The van der Waals surface area contributed by atoms with Crippen LogP contribution >= 0.6 is 11.6 Å². The van der Waals surface area contributed by atoms with Crippen molar-refractivity contribution in [2.45, 2.75) is 37.8 Å². The maximum absolute atomic E-state index is 13.3. The van der Waals surface area contributed by atoms with Crippen LogP contribution in [0.15, 0.2) is 48.5 Å². The molecule has 2 aromatic carbocycles. The Hall–Kier alpha value is -2.33. The largest absolute Gasteiger partial charge is 0.325 e. The van der Waals surface area contributed by atoms with Gasteiger partial charge in [-0.15, -0.1) is 0 Å². The molecule has 4 nitrogen and oxygen atoms in total. The molecule has 1 atom stereocenters. The van der Waals surface area contributed by atoms with Crippen LogP contribution in [0.25, 0.3) is 0 Å². The zero-order valence-corrected chi connectivity index (χ0v) is 14.6. The standard InChI is InChI=1S/C20H19ClN2O2/c21-16-9-5-6-14(12-16)13-23-18(24)20(22-19(23)25)11-4-3-8-15-7-1-2-10-17(15)20/h1-2,5-7,9-10,12H,3-4,8,11,13H2,(H,22,25). The van der Waals surface area contributed by atoms with Gasteiger partial charge in [0.15, 0.2) is 0 Å². The van der Waals surface area contributed by atoms with E-state index in [-0.39, 0.29) is 18.5 Å². The minimum Gasteiger partial charge on any atom is -0.319 e. The number of carbonyl (C=O) groups excluding carboxylic acids is 2. The highest BCUT2D eigenvalue weighted by molar-refractivity contribution is 6.30. The number of benzene rings is 2. The van der Waals surface area contributed by atoms with E-state index >= 15 is 0 Å². The highest BCUT2D eigenvalue weighted by atomic mass is 35.5.